The fourth-order valence-corrected chi connectivity index (χ4v) is 7.53. The van der Waals surface area contributed by atoms with Crippen LogP contribution in [0, 0.1) is 11.3 Å². The summed E-state index contributed by atoms with van der Waals surface area (Å²) in [6.07, 6.45) is 15.4. The van der Waals surface area contributed by atoms with Crippen LogP contribution in [0.1, 0.15) is 91.9 Å². The summed E-state index contributed by atoms with van der Waals surface area (Å²) in [6.45, 7) is 8.99. The summed E-state index contributed by atoms with van der Waals surface area (Å²) in [5, 5.41) is 31.1. The quantitative estimate of drug-likeness (QED) is 0.402. The lowest BCUT2D eigenvalue weighted by Crippen LogP contribution is -2.33. The molecular weight excluding hydrogens is 404 g/mol. The van der Waals surface area contributed by atoms with Gasteiger partial charge in [0.25, 0.3) is 0 Å². The molecule has 4 heteroatoms. The number of hydrogen-bond acceptors (Lipinski definition) is 4. The van der Waals surface area contributed by atoms with E-state index in [2.05, 4.69) is 45.9 Å². The molecule has 0 aromatic rings. The first-order valence-corrected chi connectivity index (χ1v) is 13.5. The van der Waals surface area contributed by atoms with E-state index in [-0.39, 0.29) is 5.41 Å². The van der Waals surface area contributed by atoms with E-state index in [1.54, 1.807) is 11.1 Å². The van der Waals surface area contributed by atoms with Gasteiger partial charge in [-0.1, -0.05) is 55.7 Å². The van der Waals surface area contributed by atoms with Crippen molar-refractivity contribution in [2.45, 2.75) is 115 Å². The average Bonchev–Trinajstić information content (AvgIpc) is 3.09. The molecule has 176 valence electrons. The average molecular weight is 449 g/mol. The topological polar surface area (TPSA) is 60.7 Å². The molecule has 0 bridgehead atoms. The van der Waals surface area contributed by atoms with Crippen LogP contribution in [0.4, 0.5) is 0 Å². The largest absolute Gasteiger partial charge is 0.393 e. The van der Waals surface area contributed by atoms with Gasteiger partial charge < -0.3 is 15.3 Å². The first-order chi connectivity index (χ1) is 14.7. The Morgan fingerprint density at radius 3 is 2.52 bits per heavy atom. The number of aliphatic hydroxyl groups is 3. The lowest BCUT2D eigenvalue weighted by Gasteiger charge is -2.42. The first-order valence-electron chi connectivity index (χ1n) is 12.5. The van der Waals surface area contributed by atoms with Crippen LogP contribution in [-0.4, -0.2) is 44.1 Å². The third-order valence-electron chi connectivity index (χ3n) is 8.37. The number of fused-ring (bicyclic) bond motifs is 1. The molecule has 0 heterocycles. The number of aliphatic hydroxyl groups excluding tert-OH is 2. The second-order valence-electron chi connectivity index (χ2n) is 10.4. The Morgan fingerprint density at radius 2 is 1.87 bits per heavy atom. The van der Waals surface area contributed by atoms with E-state index >= 15 is 0 Å². The number of allylic oxidation sites excluding steroid dienone is 4. The van der Waals surface area contributed by atoms with E-state index in [1.165, 1.54) is 18.4 Å². The van der Waals surface area contributed by atoms with E-state index in [4.69, 9.17) is 0 Å². The highest BCUT2D eigenvalue weighted by atomic mass is 32.2. The van der Waals surface area contributed by atoms with Crippen molar-refractivity contribution in [3.05, 3.63) is 34.9 Å². The fraction of sp³-hybridized carbons (Fsp3) is 0.778. The third kappa shape index (κ3) is 5.88. The standard InChI is InChI=1S/C27H44O3S/c1-5-27(30,6-2)14-15-31-19(3)24-11-12-25-21(8-7-13-26(24,25)4)10-9-20-16-22(28)18-23(29)17-20/h9-11,19,22-23,25,28-30H,5-8,12-18H2,1-4H3/b21-10+/t19-,22-,23-,25+,26-/m1/s1. The van der Waals surface area contributed by atoms with Crippen LogP contribution in [0.2, 0.25) is 0 Å². The van der Waals surface area contributed by atoms with Gasteiger partial charge in [0.1, 0.15) is 0 Å². The Kier molecular flexibility index (Phi) is 8.57. The zero-order valence-corrected chi connectivity index (χ0v) is 20.9. The van der Waals surface area contributed by atoms with Crippen LogP contribution >= 0.6 is 11.8 Å². The van der Waals surface area contributed by atoms with Gasteiger partial charge in [-0.2, -0.15) is 11.8 Å². The molecule has 2 fully saturated rings. The molecule has 0 saturated heterocycles. The maximum Gasteiger partial charge on any atom is 0.0650 e. The van der Waals surface area contributed by atoms with Crippen molar-refractivity contribution in [1.29, 1.82) is 0 Å². The summed E-state index contributed by atoms with van der Waals surface area (Å²) in [4.78, 5) is 0. The Labute approximate surface area is 194 Å². The molecule has 3 rings (SSSR count). The molecular formula is C27H44O3S. The van der Waals surface area contributed by atoms with Gasteiger partial charge in [-0.3, -0.25) is 0 Å². The van der Waals surface area contributed by atoms with Gasteiger partial charge in [0.15, 0.2) is 0 Å². The van der Waals surface area contributed by atoms with Crippen LogP contribution in [-0.2, 0) is 0 Å². The minimum Gasteiger partial charge on any atom is -0.393 e. The van der Waals surface area contributed by atoms with Crippen LogP contribution < -0.4 is 0 Å². The molecule has 0 spiro atoms. The summed E-state index contributed by atoms with van der Waals surface area (Å²) in [5.74, 6) is 1.59. The van der Waals surface area contributed by atoms with Crippen LogP contribution in [0.5, 0.6) is 0 Å². The van der Waals surface area contributed by atoms with Crippen molar-refractivity contribution in [2.24, 2.45) is 11.3 Å². The molecule has 0 aromatic heterocycles. The second-order valence-corrected chi connectivity index (χ2v) is 11.9. The molecule has 0 aromatic carbocycles. The maximum absolute atomic E-state index is 10.6. The molecule has 3 N–H and O–H groups in total. The fourth-order valence-electron chi connectivity index (χ4n) is 6.13. The minimum atomic E-state index is -0.502. The number of hydrogen-bond donors (Lipinski definition) is 3. The summed E-state index contributed by atoms with van der Waals surface area (Å²) in [7, 11) is 0. The maximum atomic E-state index is 10.6. The minimum absolute atomic E-state index is 0.242. The van der Waals surface area contributed by atoms with Gasteiger partial charge in [-0.25, -0.2) is 0 Å². The van der Waals surface area contributed by atoms with E-state index in [0.29, 0.717) is 30.4 Å². The number of rotatable bonds is 8. The summed E-state index contributed by atoms with van der Waals surface area (Å²) in [6, 6.07) is 0. The van der Waals surface area contributed by atoms with Crippen molar-refractivity contribution in [3.63, 3.8) is 0 Å². The molecule has 0 aliphatic heterocycles. The van der Waals surface area contributed by atoms with E-state index in [9.17, 15) is 15.3 Å². The monoisotopic (exact) mass is 448 g/mol. The summed E-state index contributed by atoms with van der Waals surface area (Å²) < 4.78 is 0. The Hall–Kier alpha value is -0.550. The van der Waals surface area contributed by atoms with Gasteiger partial charge >= 0.3 is 0 Å². The van der Waals surface area contributed by atoms with Crippen molar-refractivity contribution in [3.8, 4) is 0 Å². The Morgan fingerprint density at radius 1 is 1.19 bits per heavy atom. The summed E-state index contributed by atoms with van der Waals surface area (Å²) >= 11 is 2.01. The van der Waals surface area contributed by atoms with Crippen LogP contribution in [0.3, 0.4) is 0 Å². The summed E-state index contributed by atoms with van der Waals surface area (Å²) in [5.41, 5.74) is 4.08. The van der Waals surface area contributed by atoms with E-state index in [1.807, 2.05) is 11.8 Å². The molecule has 0 unspecified atom stereocenters. The van der Waals surface area contributed by atoms with Crippen LogP contribution in [0.25, 0.3) is 0 Å². The van der Waals surface area contributed by atoms with E-state index in [0.717, 1.165) is 37.9 Å². The van der Waals surface area contributed by atoms with Gasteiger partial charge in [0.05, 0.1) is 17.8 Å². The molecule has 2 saturated carbocycles. The molecule has 3 aliphatic rings. The van der Waals surface area contributed by atoms with Gasteiger partial charge in [0.2, 0.25) is 0 Å². The SMILES string of the molecule is CCC(O)(CC)CCS[C@H](C)C1=CC[C@H]2/C(=C/C=C3C[C@@H](O)C[C@H](O)C3)CCC[C@]12C. The smallest absolute Gasteiger partial charge is 0.0650 e. The van der Waals surface area contributed by atoms with Crippen molar-refractivity contribution in [1.82, 2.24) is 0 Å². The predicted molar refractivity (Wildman–Crippen MR) is 132 cm³/mol. The zero-order chi connectivity index (χ0) is 22.6. The van der Waals surface area contributed by atoms with Gasteiger partial charge in [0, 0.05) is 5.25 Å². The molecule has 5 atom stereocenters. The molecule has 0 amide bonds. The van der Waals surface area contributed by atoms with Crippen molar-refractivity contribution < 1.29 is 15.3 Å². The molecule has 3 nitrogen and oxygen atoms in total. The first kappa shape index (κ1) is 25.1. The predicted octanol–water partition coefficient (Wildman–Crippen LogP) is 5.94. The molecule has 3 aliphatic carbocycles. The lowest BCUT2D eigenvalue weighted by atomic mass is 9.64. The highest BCUT2D eigenvalue weighted by Gasteiger charge is 2.46. The highest BCUT2D eigenvalue weighted by molar-refractivity contribution is 8.00. The van der Waals surface area contributed by atoms with Crippen LogP contribution in [0.15, 0.2) is 34.9 Å². The Bertz CT molecular complexity index is 693. The van der Waals surface area contributed by atoms with E-state index < -0.39 is 17.8 Å². The third-order valence-corrected chi connectivity index (χ3v) is 9.57. The van der Waals surface area contributed by atoms with Gasteiger partial charge in [-0.05, 0) is 88.2 Å². The Balaban J connectivity index is 1.65. The normalized spacial score (nSPS) is 33.9. The molecule has 0 radical (unpaired) electrons. The zero-order valence-electron chi connectivity index (χ0n) is 20.1. The number of thioether (sulfide) groups is 1. The highest BCUT2D eigenvalue weighted by Crippen LogP contribution is 2.56. The second kappa shape index (κ2) is 10.6. The van der Waals surface area contributed by atoms with Crippen molar-refractivity contribution in [2.75, 3.05) is 5.75 Å². The molecule has 31 heavy (non-hydrogen) atoms. The lowest BCUT2D eigenvalue weighted by molar-refractivity contribution is 0.0296. The van der Waals surface area contributed by atoms with Gasteiger partial charge in [-0.15, -0.1) is 0 Å². The van der Waals surface area contributed by atoms with Crippen molar-refractivity contribution >= 4 is 11.8 Å².